The number of benzene rings is 1. The van der Waals surface area contributed by atoms with E-state index in [2.05, 4.69) is 10.7 Å². The van der Waals surface area contributed by atoms with E-state index in [1.807, 2.05) is 6.26 Å². The zero-order valence-corrected chi connectivity index (χ0v) is 12.5. The number of nitro benzene ring substituents is 1. The van der Waals surface area contributed by atoms with Crippen LogP contribution in [0.1, 0.15) is 29.6 Å². The molecular formula is C13H18N4O3S. The molecule has 2 atom stereocenters. The molecule has 21 heavy (non-hydrogen) atoms. The van der Waals surface area contributed by atoms with Crippen molar-refractivity contribution < 1.29 is 9.72 Å². The third-order valence-corrected chi connectivity index (χ3v) is 4.85. The molecule has 2 rings (SSSR count). The molecule has 2 unspecified atom stereocenters. The minimum absolute atomic E-state index is 0.125. The highest BCUT2D eigenvalue weighted by Crippen LogP contribution is 2.29. The van der Waals surface area contributed by atoms with Crippen molar-refractivity contribution in [3.05, 3.63) is 33.9 Å². The van der Waals surface area contributed by atoms with Crippen LogP contribution in [0.2, 0.25) is 0 Å². The van der Waals surface area contributed by atoms with Crippen LogP contribution in [0, 0.1) is 10.1 Å². The SMILES string of the molecule is CSC1CCCC1NC(=O)c1ccc([N+](=O)[O-])c(NN)c1. The van der Waals surface area contributed by atoms with Crippen LogP contribution < -0.4 is 16.6 Å². The second kappa shape index (κ2) is 6.77. The van der Waals surface area contributed by atoms with E-state index in [0.717, 1.165) is 19.3 Å². The van der Waals surface area contributed by atoms with Gasteiger partial charge in [-0.15, -0.1) is 0 Å². The molecule has 0 heterocycles. The van der Waals surface area contributed by atoms with Crippen molar-refractivity contribution in [2.24, 2.45) is 5.84 Å². The second-order valence-electron chi connectivity index (χ2n) is 4.92. The first kappa shape index (κ1) is 15.6. The maximum Gasteiger partial charge on any atom is 0.293 e. The molecule has 1 aliphatic carbocycles. The lowest BCUT2D eigenvalue weighted by Crippen LogP contribution is -2.38. The number of nitrogens with two attached hydrogens (primary N) is 1. The number of amides is 1. The Morgan fingerprint density at radius 1 is 1.48 bits per heavy atom. The lowest BCUT2D eigenvalue weighted by atomic mass is 10.1. The predicted molar refractivity (Wildman–Crippen MR) is 83.3 cm³/mol. The Bertz CT molecular complexity index is 552. The number of nitrogen functional groups attached to an aromatic ring is 1. The predicted octanol–water partition coefficient (Wildman–Crippen LogP) is 1.89. The Kier molecular flexibility index (Phi) is 5.03. The van der Waals surface area contributed by atoms with Gasteiger partial charge in [0, 0.05) is 22.9 Å². The normalized spacial score (nSPS) is 21.0. The molecule has 1 aromatic rings. The fraction of sp³-hybridized carbons (Fsp3) is 0.462. The standard InChI is InChI=1S/C13H18N4O3S/c1-21-12-4-2-3-9(12)15-13(18)8-5-6-11(17(19)20)10(7-8)16-14/h5-7,9,12,16H,2-4,14H2,1H3,(H,15,18). The molecule has 1 aromatic carbocycles. The molecule has 7 nitrogen and oxygen atoms in total. The molecule has 114 valence electrons. The summed E-state index contributed by atoms with van der Waals surface area (Å²) < 4.78 is 0. The zero-order valence-electron chi connectivity index (χ0n) is 11.7. The lowest BCUT2D eigenvalue weighted by Gasteiger charge is -2.19. The van der Waals surface area contributed by atoms with E-state index in [1.54, 1.807) is 11.8 Å². The van der Waals surface area contributed by atoms with Gasteiger partial charge in [-0.2, -0.15) is 11.8 Å². The largest absolute Gasteiger partial charge is 0.348 e. The van der Waals surface area contributed by atoms with Crippen LogP contribution in [0.25, 0.3) is 0 Å². The highest BCUT2D eigenvalue weighted by Gasteiger charge is 2.28. The Labute approximate surface area is 126 Å². The molecule has 1 amide bonds. The fourth-order valence-corrected chi connectivity index (χ4v) is 3.51. The summed E-state index contributed by atoms with van der Waals surface area (Å²) in [7, 11) is 0. The maximum atomic E-state index is 12.3. The van der Waals surface area contributed by atoms with Gasteiger partial charge in [-0.05, 0) is 31.2 Å². The quantitative estimate of drug-likeness (QED) is 0.435. The summed E-state index contributed by atoms with van der Waals surface area (Å²) in [6, 6.07) is 4.27. The van der Waals surface area contributed by atoms with Crippen LogP contribution >= 0.6 is 11.8 Å². The number of nitrogens with one attached hydrogen (secondary N) is 2. The summed E-state index contributed by atoms with van der Waals surface area (Å²) in [6.45, 7) is 0. The van der Waals surface area contributed by atoms with Gasteiger partial charge in [-0.25, -0.2) is 0 Å². The molecule has 0 radical (unpaired) electrons. The van der Waals surface area contributed by atoms with Gasteiger partial charge in [-0.3, -0.25) is 20.8 Å². The third kappa shape index (κ3) is 3.45. The monoisotopic (exact) mass is 310 g/mol. The third-order valence-electron chi connectivity index (χ3n) is 3.68. The van der Waals surface area contributed by atoms with E-state index in [1.165, 1.54) is 18.2 Å². The van der Waals surface area contributed by atoms with E-state index in [4.69, 9.17) is 5.84 Å². The number of hydrazine groups is 1. The zero-order chi connectivity index (χ0) is 15.4. The molecule has 8 heteroatoms. The molecule has 1 saturated carbocycles. The number of nitro groups is 1. The Hall–Kier alpha value is -1.80. The fourth-order valence-electron chi connectivity index (χ4n) is 2.58. The minimum atomic E-state index is -0.544. The van der Waals surface area contributed by atoms with Gasteiger partial charge in [0.1, 0.15) is 5.69 Å². The van der Waals surface area contributed by atoms with Gasteiger partial charge in [0.05, 0.1) is 4.92 Å². The summed E-state index contributed by atoms with van der Waals surface area (Å²) in [5.74, 6) is 5.05. The number of anilines is 1. The molecule has 0 aromatic heterocycles. The molecule has 0 aliphatic heterocycles. The van der Waals surface area contributed by atoms with Gasteiger partial charge in [0.2, 0.25) is 0 Å². The molecular weight excluding hydrogens is 292 g/mol. The minimum Gasteiger partial charge on any atom is -0.348 e. The molecule has 0 spiro atoms. The number of rotatable bonds is 5. The number of nitrogens with zero attached hydrogens (tertiary/aromatic N) is 1. The van der Waals surface area contributed by atoms with Crippen molar-refractivity contribution in [1.29, 1.82) is 0 Å². The number of thioether (sulfide) groups is 1. The van der Waals surface area contributed by atoms with Crippen molar-refractivity contribution in [2.75, 3.05) is 11.7 Å². The highest BCUT2D eigenvalue weighted by atomic mass is 32.2. The average Bonchev–Trinajstić information content (AvgIpc) is 2.93. The highest BCUT2D eigenvalue weighted by molar-refractivity contribution is 7.99. The van der Waals surface area contributed by atoms with E-state index in [9.17, 15) is 14.9 Å². The van der Waals surface area contributed by atoms with Crippen LogP contribution in [0.4, 0.5) is 11.4 Å². The number of carbonyl (C=O) groups is 1. The Balaban J connectivity index is 2.14. The van der Waals surface area contributed by atoms with Gasteiger partial charge in [0.25, 0.3) is 11.6 Å². The van der Waals surface area contributed by atoms with Crippen molar-refractivity contribution in [3.8, 4) is 0 Å². The van der Waals surface area contributed by atoms with Crippen molar-refractivity contribution >= 4 is 29.0 Å². The number of carbonyl (C=O) groups excluding carboxylic acids is 1. The van der Waals surface area contributed by atoms with Crippen LogP contribution in [0.3, 0.4) is 0 Å². The number of hydrogen-bond acceptors (Lipinski definition) is 6. The van der Waals surface area contributed by atoms with E-state index < -0.39 is 4.92 Å². The first-order valence-corrected chi connectivity index (χ1v) is 7.94. The van der Waals surface area contributed by atoms with Crippen LogP contribution in [0.5, 0.6) is 0 Å². The summed E-state index contributed by atoms with van der Waals surface area (Å²) in [5.41, 5.74) is 2.59. The summed E-state index contributed by atoms with van der Waals surface area (Å²) >= 11 is 1.76. The van der Waals surface area contributed by atoms with Crippen LogP contribution in [-0.2, 0) is 0 Å². The summed E-state index contributed by atoms with van der Waals surface area (Å²) in [6.07, 6.45) is 5.21. The van der Waals surface area contributed by atoms with Crippen LogP contribution in [0.15, 0.2) is 18.2 Å². The average molecular weight is 310 g/mol. The Morgan fingerprint density at radius 2 is 2.24 bits per heavy atom. The second-order valence-corrected chi connectivity index (χ2v) is 6.00. The van der Waals surface area contributed by atoms with Crippen molar-refractivity contribution in [3.63, 3.8) is 0 Å². The maximum absolute atomic E-state index is 12.3. The smallest absolute Gasteiger partial charge is 0.293 e. The molecule has 1 aliphatic rings. The van der Waals surface area contributed by atoms with Crippen molar-refractivity contribution in [1.82, 2.24) is 5.32 Å². The summed E-state index contributed by atoms with van der Waals surface area (Å²) in [4.78, 5) is 22.5. The van der Waals surface area contributed by atoms with Gasteiger partial charge in [0.15, 0.2) is 0 Å². The number of hydrogen-bond donors (Lipinski definition) is 3. The van der Waals surface area contributed by atoms with Gasteiger partial charge >= 0.3 is 0 Å². The van der Waals surface area contributed by atoms with Crippen LogP contribution in [-0.4, -0.2) is 28.4 Å². The lowest BCUT2D eigenvalue weighted by molar-refractivity contribution is -0.384. The van der Waals surface area contributed by atoms with E-state index in [-0.39, 0.29) is 23.3 Å². The molecule has 0 saturated heterocycles. The van der Waals surface area contributed by atoms with Gasteiger partial charge in [-0.1, -0.05) is 6.42 Å². The summed E-state index contributed by atoms with van der Waals surface area (Å²) in [5, 5.41) is 14.3. The van der Waals surface area contributed by atoms with Gasteiger partial charge < -0.3 is 10.7 Å². The first-order valence-electron chi connectivity index (χ1n) is 6.65. The van der Waals surface area contributed by atoms with E-state index >= 15 is 0 Å². The Morgan fingerprint density at radius 3 is 2.86 bits per heavy atom. The van der Waals surface area contributed by atoms with Crippen molar-refractivity contribution in [2.45, 2.75) is 30.6 Å². The molecule has 0 bridgehead atoms. The molecule has 4 N–H and O–H groups in total. The van der Waals surface area contributed by atoms with E-state index in [0.29, 0.717) is 10.8 Å². The molecule has 1 fully saturated rings. The topological polar surface area (TPSA) is 110 Å². The first-order chi connectivity index (χ1) is 10.1.